The van der Waals surface area contributed by atoms with Crippen LogP contribution in [0, 0.1) is 0 Å². The molecule has 0 saturated heterocycles. The summed E-state index contributed by atoms with van der Waals surface area (Å²) in [6.45, 7) is 0. The molecule has 2 aliphatic rings. The Labute approximate surface area is 279 Å². The Balaban J connectivity index is 1.31. The lowest BCUT2D eigenvalue weighted by Gasteiger charge is -2.25. The van der Waals surface area contributed by atoms with Crippen molar-refractivity contribution in [3.05, 3.63) is 158 Å². The standard InChI is InChI=1S/C46H26O/c1-2-12-29(13-3-1)41-31-17-6-7-18-33(31)43(45-38-22-9-15-28-14-8-21-37(40(28)38)44(41)45)35-25-26-39-42-32(35)19-10-20-34(42)36-24-23-27-11-4-5-16-30(27)46(36)47-39/h1-26H/i1D,2D,3D,12D,13D. The zero-order chi connectivity index (χ0) is 35.0. The number of rotatable bonds is 2. The monoisotopic (exact) mass is 599 g/mol. The van der Waals surface area contributed by atoms with Crippen molar-refractivity contribution in [1.82, 2.24) is 0 Å². The van der Waals surface area contributed by atoms with Gasteiger partial charge in [-0.3, -0.25) is 0 Å². The predicted molar refractivity (Wildman–Crippen MR) is 197 cm³/mol. The maximum absolute atomic E-state index is 9.14. The van der Waals surface area contributed by atoms with Crippen LogP contribution in [0.5, 0.6) is 11.5 Å². The minimum atomic E-state index is -0.401. The third kappa shape index (κ3) is 3.28. The van der Waals surface area contributed by atoms with Crippen molar-refractivity contribution in [3.8, 4) is 67.1 Å². The van der Waals surface area contributed by atoms with E-state index in [9.17, 15) is 0 Å². The molecule has 0 spiro atoms. The minimum absolute atomic E-state index is 0.209. The highest BCUT2D eigenvalue weighted by molar-refractivity contribution is 6.29. The number of ether oxygens (including phenoxy) is 1. The molecule has 1 aliphatic carbocycles. The maximum atomic E-state index is 9.14. The van der Waals surface area contributed by atoms with E-state index in [1.54, 1.807) is 0 Å². The smallest absolute Gasteiger partial charge is 0.143 e. The molecule has 9 aromatic carbocycles. The van der Waals surface area contributed by atoms with Gasteiger partial charge in [0.2, 0.25) is 0 Å². The van der Waals surface area contributed by atoms with Gasteiger partial charge < -0.3 is 4.74 Å². The summed E-state index contributed by atoms with van der Waals surface area (Å²) in [6, 6.07) is 42.5. The number of hydrogen-bond acceptors (Lipinski definition) is 1. The van der Waals surface area contributed by atoms with E-state index in [1.807, 2.05) is 36.4 Å². The van der Waals surface area contributed by atoms with Crippen LogP contribution in [0.4, 0.5) is 0 Å². The van der Waals surface area contributed by atoms with Gasteiger partial charge in [-0.05, 0) is 101 Å². The van der Waals surface area contributed by atoms with Gasteiger partial charge >= 0.3 is 0 Å². The first-order valence-electron chi connectivity index (χ1n) is 18.4. The van der Waals surface area contributed by atoms with Crippen LogP contribution in [0.15, 0.2) is 158 Å². The molecule has 1 heteroatoms. The van der Waals surface area contributed by atoms with Gasteiger partial charge in [0, 0.05) is 16.3 Å². The van der Waals surface area contributed by atoms with Crippen LogP contribution in [-0.4, -0.2) is 0 Å². The van der Waals surface area contributed by atoms with Crippen molar-refractivity contribution in [1.29, 1.82) is 0 Å². The van der Waals surface area contributed by atoms with E-state index in [2.05, 4.69) is 91.0 Å². The molecule has 47 heavy (non-hydrogen) atoms. The van der Waals surface area contributed by atoms with Crippen LogP contribution < -0.4 is 4.74 Å². The fourth-order valence-electron chi connectivity index (χ4n) is 8.23. The molecule has 216 valence electrons. The van der Waals surface area contributed by atoms with Crippen molar-refractivity contribution >= 4 is 43.1 Å². The van der Waals surface area contributed by atoms with Gasteiger partial charge in [-0.1, -0.05) is 139 Å². The second-order valence-corrected chi connectivity index (χ2v) is 12.4. The van der Waals surface area contributed by atoms with Crippen molar-refractivity contribution in [2.45, 2.75) is 0 Å². The van der Waals surface area contributed by atoms with Gasteiger partial charge in [0.15, 0.2) is 0 Å². The fraction of sp³-hybridized carbons (Fsp3) is 0. The van der Waals surface area contributed by atoms with Gasteiger partial charge in [-0.2, -0.15) is 0 Å². The largest absolute Gasteiger partial charge is 0.455 e. The highest BCUT2D eigenvalue weighted by Crippen LogP contribution is 2.59. The Kier molecular flexibility index (Phi) is 4.06. The van der Waals surface area contributed by atoms with Gasteiger partial charge in [0.25, 0.3) is 0 Å². The van der Waals surface area contributed by atoms with Crippen LogP contribution in [0.3, 0.4) is 0 Å². The van der Waals surface area contributed by atoms with Gasteiger partial charge in [-0.25, -0.2) is 0 Å². The van der Waals surface area contributed by atoms with E-state index in [1.165, 1.54) is 0 Å². The Morgan fingerprint density at radius 1 is 0.383 bits per heavy atom. The first-order chi connectivity index (χ1) is 25.4. The maximum Gasteiger partial charge on any atom is 0.143 e. The summed E-state index contributed by atoms with van der Waals surface area (Å²) in [4.78, 5) is 0. The molecule has 0 unspecified atom stereocenters. The molecule has 1 nitrogen and oxygen atoms in total. The molecule has 0 N–H and O–H groups in total. The van der Waals surface area contributed by atoms with Crippen molar-refractivity contribution in [2.75, 3.05) is 0 Å². The summed E-state index contributed by atoms with van der Waals surface area (Å²) >= 11 is 0. The predicted octanol–water partition coefficient (Wildman–Crippen LogP) is 13.1. The first kappa shape index (κ1) is 20.8. The Hall–Kier alpha value is -6.18. The second-order valence-electron chi connectivity index (χ2n) is 12.4. The molecular formula is C46H26O. The molecule has 0 atom stereocenters. The summed E-state index contributed by atoms with van der Waals surface area (Å²) < 4.78 is 50.7. The number of hydrogen-bond donors (Lipinski definition) is 0. The normalized spacial score (nSPS) is 13.9. The molecule has 9 aromatic rings. The minimum Gasteiger partial charge on any atom is -0.455 e. The van der Waals surface area contributed by atoms with Crippen LogP contribution in [0.2, 0.25) is 0 Å². The van der Waals surface area contributed by atoms with Crippen LogP contribution >= 0.6 is 0 Å². The highest BCUT2D eigenvalue weighted by Gasteiger charge is 2.32. The summed E-state index contributed by atoms with van der Waals surface area (Å²) in [5.74, 6) is 1.67. The number of benzene rings is 9. The SMILES string of the molecule is [2H]c1c([2H])c([2H])c(-c2c3c(c(-c4ccc5c6c(cccc46)-c4ccc6ccccc6c4O5)c4ccccc24)-c2cccc4cccc-3c24)c([2H])c1[2H]. The third-order valence-electron chi connectivity index (χ3n) is 10.1. The highest BCUT2D eigenvalue weighted by atomic mass is 16.5. The molecule has 0 saturated carbocycles. The summed E-state index contributed by atoms with van der Waals surface area (Å²) in [7, 11) is 0. The van der Waals surface area contributed by atoms with E-state index >= 15 is 0 Å². The molecule has 0 amide bonds. The average molecular weight is 600 g/mol. The van der Waals surface area contributed by atoms with E-state index in [4.69, 9.17) is 11.6 Å². The van der Waals surface area contributed by atoms with Crippen molar-refractivity contribution in [3.63, 3.8) is 0 Å². The van der Waals surface area contributed by atoms with Crippen molar-refractivity contribution < 1.29 is 11.6 Å². The van der Waals surface area contributed by atoms with Crippen LogP contribution in [0.1, 0.15) is 6.85 Å². The number of fused-ring (bicyclic) bond motifs is 8. The first-order valence-corrected chi connectivity index (χ1v) is 15.9. The lowest BCUT2D eigenvalue weighted by atomic mass is 9.81. The topological polar surface area (TPSA) is 9.23 Å². The van der Waals surface area contributed by atoms with E-state index in [-0.39, 0.29) is 29.7 Å². The third-order valence-corrected chi connectivity index (χ3v) is 10.1. The lowest BCUT2D eigenvalue weighted by Crippen LogP contribution is -1.99. The van der Waals surface area contributed by atoms with E-state index in [0.29, 0.717) is 5.56 Å². The van der Waals surface area contributed by atoms with Crippen LogP contribution in [-0.2, 0) is 0 Å². The molecular weight excluding hydrogens is 569 g/mol. The average Bonchev–Trinajstić information content (AvgIpc) is 3.52. The summed E-state index contributed by atoms with van der Waals surface area (Å²) in [5, 5.41) is 8.25. The Bertz CT molecular complexity index is 3070. The molecule has 0 aromatic heterocycles. The summed E-state index contributed by atoms with van der Waals surface area (Å²) in [6.07, 6.45) is 0. The molecule has 11 rings (SSSR count). The fourth-order valence-corrected chi connectivity index (χ4v) is 8.23. The zero-order valence-electron chi connectivity index (χ0n) is 30.0. The zero-order valence-corrected chi connectivity index (χ0v) is 25.0. The van der Waals surface area contributed by atoms with E-state index < -0.39 is 6.04 Å². The van der Waals surface area contributed by atoms with Crippen LogP contribution in [0.25, 0.3) is 98.7 Å². The lowest BCUT2D eigenvalue weighted by molar-refractivity contribution is 0.493. The molecule has 0 fully saturated rings. The van der Waals surface area contributed by atoms with Crippen molar-refractivity contribution in [2.24, 2.45) is 0 Å². The molecule has 1 heterocycles. The Morgan fingerprint density at radius 3 is 1.81 bits per heavy atom. The van der Waals surface area contributed by atoms with E-state index in [0.717, 1.165) is 99.1 Å². The van der Waals surface area contributed by atoms with Gasteiger partial charge in [-0.15, -0.1) is 0 Å². The molecule has 0 bridgehead atoms. The second kappa shape index (κ2) is 9.19. The molecule has 0 radical (unpaired) electrons. The Morgan fingerprint density at radius 2 is 1.00 bits per heavy atom. The summed E-state index contributed by atoms with van der Waals surface area (Å²) in [5.41, 5.74) is 9.04. The van der Waals surface area contributed by atoms with Gasteiger partial charge in [0.05, 0.1) is 6.85 Å². The van der Waals surface area contributed by atoms with Gasteiger partial charge in [0.1, 0.15) is 11.5 Å². The quantitative estimate of drug-likeness (QED) is 0.192. The molecule has 1 aliphatic heterocycles.